The highest BCUT2D eigenvalue weighted by atomic mass is 35.5. The van der Waals surface area contributed by atoms with Crippen LogP contribution in [0.2, 0.25) is 5.02 Å². The molecule has 0 radical (unpaired) electrons. The summed E-state index contributed by atoms with van der Waals surface area (Å²) >= 11 is 6.03. The Morgan fingerprint density at radius 1 is 1.45 bits per heavy atom. The van der Waals surface area contributed by atoms with Gasteiger partial charge in [0, 0.05) is 10.7 Å². The highest BCUT2D eigenvalue weighted by Crippen LogP contribution is 2.20. The van der Waals surface area contributed by atoms with E-state index in [0.29, 0.717) is 10.9 Å². The normalized spacial score (nSPS) is 12.8. The lowest BCUT2D eigenvalue weighted by Crippen LogP contribution is -1.97. The highest BCUT2D eigenvalue weighted by molar-refractivity contribution is 6.31. The van der Waals surface area contributed by atoms with E-state index in [1.807, 2.05) is 35.8 Å². The number of aromatic nitrogens is 2. The molecule has 0 spiro atoms. The van der Waals surface area contributed by atoms with Crippen LogP contribution in [0.1, 0.15) is 20.8 Å². The minimum atomic E-state index is 0.387. The molecule has 20 heavy (non-hydrogen) atoms. The van der Waals surface area contributed by atoms with E-state index < -0.39 is 0 Å². The smallest absolute Gasteiger partial charge is 0.100 e. The first-order chi connectivity index (χ1) is 9.52. The third-order valence-electron chi connectivity index (χ3n) is 3.07. The van der Waals surface area contributed by atoms with Crippen molar-refractivity contribution in [2.24, 2.45) is 10.9 Å². The van der Waals surface area contributed by atoms with Crippen molar-refractivity contribution in [3.63, 3.8) is 0 Å². The first-order valence-corrected chi connectivity index (χ1v) is 6.93. The number of hydrogen-bond acceptors (Lipinski definition) is 2. The van der Waals surface area contributed by atoms with E-state index in [0.717, 1.165) is 22.4 Å². The average molecular weight is 288 g/mol. The summed E-state index contributed by atoms with van der Waals surface area (Å²) in [5.41, 5.74) is 3.61. The van der Waals surface area contributed by atoms with Gasteiger partial charge in [0.2, 0.25) is 0 Å². The number of rotatable bonds is 4. The monoisotopic (exact) mass is 287 g/mol. The number of fused-ring (bicyclic) bond motifs is 1. The summed E-state index contributed by atoms with van der Waals surface area (Å²) in [5.74, 6) is 0.387. The minimum absolute atomic E-state index is 0.387. The van der Waals surface area contributed by atoms with Gasteiger partial charge in [0.15, 0.2) is 0 Å². The molecule has 0 fully saturated rings. The maximum Gasteiger partial charge on any atom is 0.100 e. The predicted molar refractivity (Wildman–Crippen MR) is 87.2 cm³/mol. The molecule has 3 nitrogen and oxygen atoms in total. The summed E-state index contributed by atoms with van der Waals surface area (Å²) < 4.78 is 1.89. The molecule has 0 atom stereocenters. The number of nitrogens with zero attached hydrogens (tertiary/aromatic N) is 3. The third-order valence-corrected chi connectivity index (χ3v) is 3.30. The number of halogens is 1. The molecular formula is C16H18ClN3. The van der Waals surface area contributed by atoms with Gasteiger partial charge in [-0.3, -0.25) is 9.56 Å². The van der Waals surface area contributed by atoms with Crippen LogP contribution in [-0.4, -0.2) is 15.8 Å². The maximum absolute atomic E-state index is 6.03. The fraction of sp³-hybridized carbons (Fsp3) is 0.250. The van der Waals surface area contributed by atoms with Crippen molar-refractivity contribution >= 4 is 34.5 Å². The van der Waals surface area contributed by atoms with E-state index in [9.17, 15) is 0 Å². The Kier molecular flexibility index (Phi) is 4.40. The molecule has 0 unspecified atom stereocenters. The van der Waals surface area contributed by atoms with Crippen molar-refractivity contribution in [3.05, 3.63) is 47.9 Å². The highest BCUT2D eigenvalue weighted by Gasteiger charge is 2.05. The van der Waals surface area contributed by atoms with Crippen LogP contribution in [-0.2, 0) is 0 Å². The standard InChI is InChI=1S/C16H18ClN3/c1-5-14(11(2)3)18-9-12(4)20-10-19-15-7-6-13(17)8-16(15)20/h5-11H,4H2,1-3H3/b14-5-,18-9?. The van der Waals surface area contributed by atoms with Gasteiger partial charge in [0.25, 0.3) is 0 Å². The number of imidazole rings is 1. The predicted octanol–water partition coefficient (Wildman–Crippen LogP) is 4.79. The molecular weight excluding hydrogens is 270 g/mol. The topological polar surface area (TPSA) is 30.2 Å². The molecule has 0 aliphatic rings. The Hall–Kier alpha value is -1.87. The first-order valence-electron chi connectivity index (χ1n) is 6.55. The molecule has 1 aromatic heterocycles. The molecule has 2 aromatic rings. The second kappa shape index (κ2) is 6.06. The molecule has 2 rings (SSSR count). The van der Waals surface area contributed by atoms with Crippen LogP contribution in [0.5, 0.6) is 0 Å². The van der Waals surface area contributed by atoms with Crippen molar-refractivity contribution in [2.45, 2.75) is 20.8 Å². The van der Waals surface area contributed by atoms with Crippen LogP contribution in [0.25, 0.3) is 16.7 Å². The summed E-state index contributed by atoms with van der Waals surface area (Å²) in [6.07, 6.45) is 5.51. The van der Waals surface area contributed by atoms with Crippen LogP contribution >= 0.6 is 11.6 Å². The molecule has 0 saturated heterocycles. The van der Waals surface area contributed by atoms with Crippen molar-refractivity contribution in [3.8, 4) is 0 Å². The summed E-state index contributed by atoms with van der Waals surface area (Å²) in [5, 5.41) is 0.681. The zero-order chi connectivity index (χ0) is 14.7. The Labute approximate surface area is 124 Å². The van der Waals surface area contributed by atoms with E-state index >= 15 is 0 Å². The lowest BCUT2D eigenvalue weighted by atomic mass is 10.1. The number of hydrogen-bond donors (Lipinski definition) is 0. The molecule has 0 saturated carbocycles. The van der Waals surface area contributed by atoms with E-state index in [4.69, 9.17) is 11.6 Å². The van der Waals surface area contributed by atoms with Gasteiger partial charge in [-0.25, -0.2) is 4.98 Å². The lowest BCUT2D eigenvalue weighted by Gasteiger charge is -2.06. The fourth-order valence-electron chi connectivity index (χ4n) is 1.98. The van der Waals surface area contributed by atoms with Crippen molar-refractivity contribution in [1.82, 2.24) is 9.55 Å². The van der Waals surface area contributed by atoms with Crippen LogP contribution in [0, 0.1) is 5.92 Å². The molecule has 1 heterocycles. The van der Waals surface area contributed by atoms with Gasteiger partial charge < -0.3 is 0 Å². The summed E-state index contributed by atoms with van der Waals surface area (Å²) in [6, 6.07) is 5.60. The molecule has 104 valence electrons. The van der Waals surface area contributed by atoms with Gasteiger partial charge >= 0.3 is 0 Å². The average Bonchev–Trinajstić information content (AvgIpc) is 2.81. The summed E-state index contributed by atoms with van der Waals surface area (Å²) in [6.45, 7) is 10.3. The van der Waals surface area contributed by atoms with Crippen molar-refractivity contribution < 1.29 is 0 Å². The molecule has 0 aliphatic heterocycles. The number of benzene rings is 1. The molecule has 0 amide bonds. The summed E-state index contributed by atoms with van der Waals surface area (Å²) in [4.78, 5) is 8.81. The molecule has 1 aromatic carbocycles. The zero-order valence-electron chi connectivity index (χ0n) is 12.0. The SMILES string of the molecule is C=C(C=N/C(=C\C)C(C)C)n1cnc2ccc(Cl)cc21. The first kappa shape index (κ1) is 14.5. The minimum Gasteiger partial charge on any atom is -0.298 e. The van der Waals surface area contributed by atoms with Crippen molar-refractivity contribution in [2.75, 3.05) is 0 Å². The van der Waals surface area contributed by atoms with E-state index in [1.54, 1.807) is 12.5 Å². The molecule has 4 heteroatoms. The fourth-order valence-corrected chi connectivity index (χ4v) is 2.14. The largest absolute Gasteiger partial charge is 0.298 e. The maximum atomic E-state index is 6.03. The molecule has 0 N–H and O–H groups in total. The number of aliphatic imine (C=N–C) groups is 1. The number of allylic oxidation sites excluding steroid dienone is 3. The Bertz CT molecular complexity index is 693. The Balaban J connectivity index is 2.32. The van der Waals surface area contributed by atoms with Gasteiger partial charge in [-0.05, 0) is 31.0 Å². The van der Waals surface area contributed by atoms with E-state index in [-0.39, 0.29) is 0 Å². The molecule has 0 bridgehead atoms. The van der Waals surface area contributed by atoms with Crippen molar-refractivity contribution in [1.29, 1.82) is 0 Å². The lowest BCUT2D eigenvalue weighted by molar-refractivity contribution is 0.757. The Morgan fingerprint density at radius 3 is 2.85 bits per heavy atom. The van der Waals surface area contributed by atoms with Crippen LogP contribution in [0.15, 0.2) is 47.9 Å². The van der Waals surface area contributed by atoms with Gasteiger partial charge in [-0.15, -0.1) is 0 Å². The molecule has 0 aliphatic carbocycles. The summed E-state index contributed by atoms with van der Waals surface area (Å²) in [7, 11) is 0. The zero-order valence-corrected chi connectivity index (χ0v) is 12.7. The van der Waals surface area contributed by atoms with E-state index in [1.165, 1.54) is 0 Å². The second-order valence-corrected chi connectivity index (χ2v) is 5.30. The van der Waals surface area contributed by atoms with Gasteiger partial charge in [0.1, 0.15) is 6.33 Å². The second-order valence-electron chi connectivity index (χ2n) is 4.87. The van der Waals surface area contributed by atoms with Gasteiger partial charge in [-0.2, -0.15) is 0 Å². The van der Waals surface area contributed by atoms with E-state index in [2.05, 4.69) is 30.4 Å². The van der Waals surface area contributed by atoms with Gasteiger partial charge in [-0.1, -0.05) is 38.1 Å². The Morgan fingerprint density at radius 2 is 2.20 bits per heavy atom. The van der Waals surface area contributed by atoms with Crippen LogP contribution < -0.4 is 0 Å². The van der Waals surface area contributed by atoms with Crippen LogP contribution in [0.3, 0.4) is 0 Å². The van der Waals surface area contributed by atoms with Gasteiger partial charge in [0.05, 0.1) is 22.9 Å². The van der Waals surface area contributed by atoms with Crippen LogP contribution in [0.4, 0.5) is 0 Å². The quantitative estimate of drug-likeness (QED) is 0.744. The third kappa shape index (κ3) is 2.99.